The third kappa shape index (κ3) is 10.2. The number of hydrogen-bond donors (Lipinski definition) is 2. The van der Waals surface area contributed by atoms with Crippen molar-refractivity contribution >= 4 is 46.3 Å². The summed E-state index contributed by atoms with van der Waals surface area (Å²) in [6.45, 7) is 19.6. The Kier molecular flexibility index (Phi) is 15.0. The first-order valence-electron chi connectivity index (χ1n) is 24.6. The molecule has 18 heteroatoms. The number of nitrogens with one attached hydrogen (secondary N) is 2. The number of carbonyl (C=O) groups is 5. The van der Waals surface area contributed by atoms with E-state index in [-0.39, 0.29) is 62.2 Å². The van der Waals surface area contributed by atoms with Crippen molar-refractivity contribution in [2.24, 2.45) is 11.3 Å². The minimum absolute atomic E-state index is 0.133. The highest BCUT2D eigenvalue weighted by Crippen LogP contribution is 2.42. The minimum Gasteiger partial charge on any atom is -0.464 e. The van der Waals surface area contributed by atoms with E-state index in [9.17, 15) is 24.0 Å². The van der Waals surface area contributed by atoms with Gasteiger partial charge in [0, 0.05) is 93.6 Å². The standard InChI is InChI=1S/C51H71N9O9/c1-10-43(61)59-21-23-68-42-29-57(28-41(42)59)50(65)55(8)45(31(3)4)47(62)53-39-25-34-27-56(20-22-67-34)33-16-17-40-36(24-33)37(46(58(40)11-2)35-14-12-18-52-44(35)32(5)66-9)26-51(6,7)30-69-49(64)38-15-13-19-60(54-38)48(39)63/h10,12,14,16-18,24,31-32,34,38-39,41-42,45,54H,1,11,13,15,19-23,25-30H2,2-9H3,(H,53,62)/t32-,34-,38-,39-,41+,42-,45?/m0/s1. The summed E-state index contributed by atoms with van der Waals surface area (Å²) >= 11 is 0. The number of aromatic nitrogens is 2. The van der Waals surface area contributed by atoms with Gasteiger partial charge in [-0.25, -0.2) is 10.2 Å². The van der Waals surface area contributed by atoms with E-state index in [1.807, 2.05) is 26.8 Å². The smallest absolute Gasteiger partial charge is 0.324 e. The van der Waals surface area contributed by atoms with Crippen LogP contribution in [0.2, 0.25) is 0 Å². The number of rotatable bonds is 9. The molecule has 5 amide bonds. The van der Waals surface area contributed by atoms with Crippen LogP contribution in [0.1, 0.15) is 78.2 Å². The number of hydrazine groups is 1. The fraction of sp³-hybridized carbons (Fsp3) is 0.608. The van der Waals surface area contributed by atoms with Crippen LogP contribution in [0.4, 0.5) is 10.5 Å². The molecule has 6 bridgehead atoms. The molecule has 18 nitrogen and oxygen atoms in total. The van der Waals surface area contributed by atoms with E-state index in [4.69, 9.17) is 23.9 Å². The number of aryl methyl sites for hydroxylation is 1. The molecule has 8 rings (SSSR count). The average Bonchev–Trinajstić information content (AvgIpc) is 3.93. The number of morpholine rings is 2. The summed E-state index contributed by atoms with van der Waals surface area (Å²) in [6, 6.07) is 7.06. The lowest BCUT2D eigenvalue weighted by atomic mass is 9.84. The maximum Gasteiger partial charge on any atom is 0.324 e. The number of methoxy groups -OCH3 is 1. The van der Waals surface area contributed by atoms with Gasteiger partial charge in [0.25, 0.3) is 5.91 Å². The molecule has 69 heavy (non-hydrogen) atoms. The van der Waals surface area contributed by atoms with Crippen molar-refractivity contribution in [3.63, 3.8) is 0 Å². The molecule has 1 aromatic carbocycles. The van der Waals surface area contributed by atoms with Crippen LogP contribution in [0.5, 0.6) is 0 Å². The normalized spacial score (nSPS) is 25.1. The van der Waals surface area contributed by atoms with Gasteiger partial charge in [-0.2, -0.15) is 0 Å². The van der Waals surface area contributed by atoms with E-state index in [2.05, 4.69) is 71.8 Å². The van der Waals surface area contributed by atoms with Crippen molar-refractivity contribution in [3.8, 4) is 11.3 Å². The van der Waals surface area contributed by atoms with Gasteiger partial charge in [0.2, 0.25) is 11.8 Å². The molecule has 374 valence electrons. The topological polar surface area (TPSA) is 180 Å². The van der Waals surface area contributed by atoms with E-state index in [1.54, 1.807) is 30.2 Å². The number of hydrogen-bond acceptors (Lipinski definition) is 12. The van der Waals surface area contributed by atoms with Crippen LogP contribution < -0.4 is 15.6 Å². The number of carbonyl (C=O) groups excluding carboxylic acids is 5. The van der Waals surface area contributed by atoms with Crippen molar-refractivity contribution in [3.05, 3.63) is 60.4 Å². The number of nitrogens with zero attached hydrogens (tertiary/aromatic N) is 7. The van der Waals surface area contributed by atoms with Gasteiger partial charge in [-0.3, -0.25) is 29.2 Å². The van der Waals surface area contributed by atoms with Crippen molar-refractivity contribution < 1.29 is 42.9 Å². The zero-order chi connectivity index (χ0) is 49.3. The van der Waals surface area contributed by atoms with Crippen LogP contribution in [-0.2, 0) is 51.1 Å². The molecule has 0 aliphatic carbocycles. The van der Waals surface area contributed by atoms with Crippen LogP contribution in [0.25, 0.3) is 22.2 Å². The molecule has 7 heterocycles. The molecule has 3 aromatic rings. The predicted octanol–water partition coefficient (Wildman–Crippen LogP) is 4.31. The minimum atomic E-state index is -1.08. The van der Waals surface area contributed by atoms with Gasteiger partial charge in [0.05, 0.1) is 62.1 Å². The van der Waals surface area contributed by atoms with Crippen molar-refractivity contribution in [1.82, 2.24) is 40.0 Å². The highest BCUT2D eigenvalue weighted by molar-refractivity contribution is 5.95. The Balaban J connectivity index is 1.11. The molecule has 4 saturated heterocycles. The molecule has 7 atom stereocenters. The zero-order valence-corrected chi connectivity index (χ0v) is 41.6. The Hall–Kier alpha value is -5.56. The first-order valence-corrected chi connectivity index (χ1v) is 24.6. The largest absolute Gasteiger partial charge is 0.464 e. The van der Waals surface area contributed by atoms with Crippen LogP contribution in [-0.4, -0.2) is 169 Å². The summed E-state index contributed by atoms with van der Waals surface area (Å²) in [5, 5.41) is 5.58. The maximum atomic E-state index is 14.8. The van der Waals surface area contributed by atoms with Crippen LogP contribution >= 0.6 is 0 Å². The molecule has 2 N–H and O–H groups in total. The number of likely N-dealkylation sites (tertiary alicyclic amines) is 1. The van der Waals surface area contributed by atoms with Crippen LogP contribution in [0, 0.1) is 11.3 Å². The second-order valence-electron chi connectivity index (χ2n) is 20.3. The van der Waals surface area contributed by atoms with Gasteiger partial charge in [0.15, 0.2) is 0 Å². The SMILES string of the molecule is C=CC(=O)N1CCO[C@H]2CN(C(=O)N(C)C(C(=O)N[C@H]3C[C@H]4CN(CCO4)c4ccc5c(c4)c(c(-c4cccnc4[C@H](C)OC)n5CC)CC(C)(C)COC(=O)[C@@H]4CCCN(N4)C3=O)C(C)C)C[C@H]21. The highest BCUT2D eigenvalue weighted by atomic mass is 16.5. The van der Waals surface area contributed by atoms with Crippen molar-refractivity contribution in [1.29, 1.82) is 0 Å². The summed E-state index contributed by atoms with van der Waals surface area (Å²) in [5.74, 6) is -1.93. The Morgan fingerprint density at radius 1 is 1.07 bits per heavy atom. The number of amides is 5. The summed E-state index contributed by atoms with van der Waals surface area (Å²) in [5.41, 5.74) is 8.72. The molecular formula is C51H71N9O9. The second kappa shape index (κ2) is 20.8. The van der Waals surface area contributed by atoms with Gasteiger partial charge < -0.3 is 48.4 Å². The number of ether oxygens (including phenoxy) is 4. The van der Waals surface area contributed by atoms with E-state index >= 15 is 0 Å². The number of fused-ring (bicyclic) bond motifs is 7. The molecular weight excluding hydrogens is 883 g/mol. The molecule has 4 fully saturated rings. The van der Waals surface area contributed by atoms with E-state index in [0.717, 1.165) is 39.1 Å². The Morgan fingerprint density at radius 2 is 1.86 bits per heavy atom. The monoisotopic (exact) mass is 954 g/mol. The van der Waals surface area contributed by atoms with Gasteiger partial charge in [0.1, 0.15) is 18.1 Å². The third-order valence-corrected chi connectivity index (χ3v) is 14.6. The lowest BCUT2D eigenvalue weighted by molar-refractivity contribution is -0.156. The number of cyclic esters (lactones) is 1. The number of pyridine rings is 1. The van der Waals surface area contributed by atoms with Gasteiger partial charge in [-0.15, -0.1) is 0 Å². The summed E-state index contributed by atoms with van der Waals surface area (Å²) < 4.78 is 26.7. The highest BCUT2D eigenvalue weighted by Gasteiger charge is 2.46. The van der Waals surface area contributed by atoms with E-state index < -0.39 is 47.4 Å². The molecule has 2 aromatic heterocycles. The van der Waals surface area contributed by atoms with Crippen LogP contribution in [0.15, 0.2) is 49.2 Å². The lowest BCUT2D eigenvalue weighted by Gasteiger charge is -2.39. The van der Waals surface area contributed by atoms with E-state index in [0.29, 0.717) is 65.2 Å². The Morgan fingerprint density at radius 3 is 2.59 bits per heavy atom. The number of urea groups is 1. The average molecular weight is 954 g/mol. The zero-order valence-electron chi connectivity index (χ0n) is 41.6. The quantitative estimate of drug-likeness (QED) is 0.230. The number of benzene rings is 1. The first kappa shape index (κ1) is 49.8. The Labute approximate surface area is 405 Å². The molecule has 0 saturated carbocycles. The maximum absolute atomic E-state index is 14.8. The lowest BCUT2D eigenvalue weighted by Crippen LogP contribution is -2.63. The summed E-state index contributed by atoms with van der Waals surface area (Å²) in [7, 11) is 3.28. The Bertz CT molecular complexity index is 2420. The predicted molar refractivity (Wildman–Crippen MR) is 260 cm³/mol. The van der Waals surface area contributed by atoms with Gasteiger partial charge in [-0.05, 0) is 81.0 Å². The van der Waals surface area contributed by atoms with Crippen molar-refractivity contribution in [2.45, 2.75) is 116 Å². The van der Waals surface area contributed by atoms with Crippen LogP contribution in [0.3, 0.4) is 0 Å². The summed E-state index contributed by atoms with van der Waals surface area (Å²) in [6.07, 6.45) is 3.71. The van der Waals surface area contributed by atoms with Gasteiger partial charge >= 0.3 is 12.0 Å². The van der Waals surface area contributed by atoms with Gasteiger partial charge in [-0.1, -0.05) is 34.3 Å². The summed E-state index contributed by atoms with van der Waals surface area (Å²) in [4.78, 5) is 82.2. The molecule has 1 unspecified atom stereocenters. The molecule has 0 radical (unpaired) electrons. The molecule has 5 aliphatic heterocycles. The second-order valence-corrected chi connectivity index (χ2v) is 20.3. The van der Waals surface area contributed by atoms with E-state index in [1.165, 1.54) is 16.0 Å². The first-order chi connectivity index (χ1) is 33.0. The fourth-order valence-corrected chi connectivity index (χ4v) is 11.0. The number of likely N-dealkylation sites (N-methyl/N-ethyl adjacent to an activating group) is 1. The fourth-order valence-electron chi connectivity index (χ4n) is 11.0. The third-order valence-electron chi connectivity index (χ3n) is 14.6. The number of esters is 1. The van der Waals surface area contributed by atoms with Crippen molar-refractivity contribution in [2.75, 3.05) is 78.1 Å². The molecule has 0 spiro atoms. The molecule has 5 aliphatic rings. The number of anilines is 1.